The van der Waals surface area contributed by atoms with E-state index in [4.69, 9.17) is 11.6 Å². The summed E-state index contributed by atoms with van der Waals surface area (Å²) >= 11 is 8.65. The highest BCUT2D eigenvalue weighted by Gasteiger charge is 2.13. The normalized spacial score (nSPS) is 24.4. The largest absolute Gasteiger partial charge is 0.125 e. The summed E-state index contributed by atoms with van der Waals surface area (Å²) in [4.78, 5) is 1.45. The highest BCUT2D eigenvalue weighted by molar-refractivity contribution is 8.03. The maximum atomic E-state index is 6.62. The van der Waals surface area contributed by atoms with Crippen LogP contribution in [0.1, 0.15) is 77.0 Å². The molecular formula is C17H27ClS. The minimum atomic E-state index is 1.10. The summed E-state index contributed by atoms with van der Waals surface area (Å²) in [5.74, 6) is 1.25. The lowest BCUT2D eigenvalue weighted by Crippen LogP contribution is -1.92. The Kier molecular flexibility index (Phi) is 7.45. The predicted octanol–water partition coefficient (Wildman–Crippen LogP) is 6.80. The summed E-state index contributed by atoms with van der Waals surface area (Å²) in [6.07, 6.45) is 18.4. The molecule has 0 atom stereocenters. The molecule has 0 saturated heterocycles. The number of halogens is 1. The summed E-state index contributed by atoms with van der Waals surface area (Å²) in [6, 6.07) is 0. The molecule has 1 aliphatic heterocycles. The Morgan fingerprint density at radius 2 is 1.47 bits per heavy atom. The minimum absolute atomic E-state index is 1.10. The number of rotatable bonds is 1. The zero-order valence-electron chi connectivity index (χ0n) is 12.1. The first-order valence-corrected chi connectivity index (χ1v) is 9.45. The van der Waals surface area contributed by atoms with E-state index in [1.165, 1.54) is 81.3 Å². The highest BCUT2D eigenvalue weighted by atomic mass is 35.5. The van der Waals surface area contributed by atoms with Gasteiger partial charge in [-0.3, -0.25) is 0 Å². The Labute approximate surface area is 128 Å². The Hall–Kier alpha value is 0.120. The number of hydrogen-bond acceptors (Lipinski definition) is 1. The molecule has 1 aliphatic carbocycles. The summed E-state index contributed by atoms with van der Waals surface area (Å²) in [5.41, 5.74) is 1.57. The highest BCUT2D eigenvalue weighted by Crippen LogP contribution is 2.37. The smallest absolute Gasteiger partial charge is 0.0319 e. The molecule has 0 aromatic rings. The molecule has 0 saturated carbocycles. The third-order valence-electron chi connectivity index (χ3n) is 4.12. The summed E-state index contributed by atoms with van der Waals surface area (Å²) in [6.45, 7) is 0. The van der Waals surface area contributed by atoms with Gasteiger partial charge in [0.05, 0.1) is 0 Å². The van der Waals surface area contributed by atoms with Gasteiger partial charge in [0.15, 0.2) is 0 Å². The number of hydrogen-bond donors (Lipinski definition) is 0. The fourth-order valence-corrected chi connectivity index (χ4v) is 4.54. The van der Waals surface area contributed by atoms with Crippen molar-refractivity contribution in [3.63, 3.8) is 0 Å². The molecule has 0 aromatic heterocycles. The second-order valence-corrected chi connectivity index (χ2v) is 7.34. The zero-order chi connectivity index (χ0) is 13.3. The first-order valence-electron chi connectivity index (χ1n) is 8.09. The molecule has 0 fully saturated rings. The third kappa shape index (κ3) is 5.55. The van der Waals surface area contributed by atoms with Crippen molar-refractivity contribution in [2.75, 3.05) is 5.75 Å². The van der Waals surface area contributed by atoms with Gasteiger partial charge in [0, 0.05) is 9.94 Å². The summed E-state index contributed by atoms with van der Waals surface area (Å²) in [5, 5.41) is 1.15. The van der Waals surface area contributed by atoms with Gasteiger partial charge >= 0.3 is 0 Å². The van der Waals surface area contributed by atoms with Crippen LogP contribution in [0.2, 0.25) is 0 Å². The van der Waals surface area contributed by atoms with Gasteiger partial charge in [-0.1, -0.05) is 49.8 Å². The van der Waals surface area contributed by atoms with E-state index in [9.17, 15) is 0 Å². The molecule has 19 heavy (non-hydrogen) atoms. The quantitative estimate of drug-likeness (QED) is 0.512. The molecule has 2 heteroatoms. The van der Waals surface area contributed by atoms with Gasteiger partial charge in [-0.25, -0.2) is 0 Å². The molecule has 2 rings (SSSR count). The molecule has 0 radical (unpaired) electrons. The van der Waals surface area contributed by atoms with Crippen LogP contribution in [0.4, 0.5) is 0 Å². The molecule has 0 nitrogen and oxygen atoms in total. The molecule has 0 unspecified atom stereocenters. The predicted molar refractivity (Wildman–Crippen MR) is 88.8 cm³/mol. The monoisotopic (exact) mass is 298 g/mol. The lowest BCUT2D eigenvalue weighted by molar-refractivity contribution is 0.630. The maximum absolute atomic E-state index is 6.62. The van der Waals surface area contributed by atoms with Crippen LogP contribution < -0.4 is 0 Å². The Morgan fingerprint density at radius 1 is 0.789 bits per heavy atom. The van der Waals surface area contributed by atoms with Crippen molar-refractivity contribution in [2.24, 2.45) is 0 Å². The van der Waals surface area contributed by atoms with Crippen molar-refractivity contribution >= 4 is 23.4 Å². The lowest BCUT2D eigenvalue weighted by Gasteiger charge is -2.14. The molecule has 0 aromatic carbocycles. The van der Waals surface area contributed by atoms with Crippen LogP contribution >= 0.6 is 23.4 Å². The van der Waals surface area contributed by atoms with Crippen molar-refractivity contribution in [3.05, 3.63) is 21.6 Å². The van der Waals surface area contributed by atoms with Crippen LogP contribution in [0.3, 0.4) is 0 Å². The Balaban J connectivity index is 2.10. The molecule has 0 N–H and O–H groups in total. The molecule has 2 aliphatic rings. The van der Waals surface area contributed by atoms with Crippen LogP contribution in [0.5, 0.6) is 0 Å². The van der Waals surface area contributed by atoms with Gasteiger partial charge in [0.25, 0.3) is 0 Å². The van der Waals surface area contributed by atoms with Crippen LogP contribution in [0.25, 0.3) is 0 Å². The van der Waals surface area contributed by atoms with Crippen molar-refractivity contribution in [3.8, 4) is 0 Å². The second kappa shape index (κ2) is 9.13. The van der Waals surface area contributed by atoms with Crippen LogP contribution in [0, 0.1) is 0 Å². The minimum Gasteiger partial charge on any atom is -0.125 e. The molecule has 108 valence electrons. The van der Waals surface area contributed by atoms with Crippen molar-refractivity contribution in [2.45, 2.75) is 77.0 Å². The van der Waals surface area contributed by atoms with Crippen molar-refractivity contribution < 1.29 is 0 Å². The van der Waals surface area contributed by atoms with Gasteiger partial charge in [0.1, 0.15) is 0 Å². The summed E-state index contributed by atoms with van der Waals surface area (Å²) < 4.78 is 0. The zero-order valence-corrected chi connectivity index (χ0v) is 13.6. The molecule has 1 heterocycles. The fourth-order valence-electron chi connectivity index (χ4n) is 2.94. The van der Waals surface area contributed by atoms with Crippen LogP contribution in [-0.2, 0) is 0 Å². The molecular weight excluding hydrogens is 272 g/mol. The average Bonchev–Trinajstić information content (AvgIpc) is 2.60. The Morgan fingerprint density at radius 3 is 2.37 bits per heavy atom. The van der Waals surface area contributed by atoms with Crippen molar-refractivity contribution in [1.82, 2.24) is 0 Å². The van der Waals surface area contributed by atoms with Gasteiger partial charge in [-0.2, -0.15) is 0 Å². The second-order valence-electron chi connectivity index (χ2n) is 5.78. The van der Waals surface area contributed by atoms with E-state index in [0.29, 0.717) is 0 Å². The van der Waals surface area contributed by atoms with Crippen LogP contribution in [0.15, 0.2) is 21.6 Å². The number of thioether (sulfide) groups is 1. The fraction of sp³-hybridized carbons (Fsp3) is 0.765. The maximum Gasteiger partial charge on any atom is 0.0319 e. The van der Waals surface area contributed by atoms with Gasteiger partial charge in [-0.05, 0) is 56.3 Å². The Bertz CT molecular complexity index is 330. The number of allylic oxidation sites excluding steroid dienone is 3. The van der Waals surface area contributed by atoms with E-state index in [-0.39, 0.29) is 0 Å². The first kappa shape index (κ1) is 15.5. The van der Waals surface area contributed by atoms with Gasteiger partial charge in [0.2, 0.25) is 0 Å². The molecule has 0 spiro atoms. The molecule has 0 amide bonds. The SMILES string of the molecule is ClC1=C(C2=CCCCCCCC2)SCCCCCC1. The summed E-state index contributed by atoms with van der Waals surface area (Å²) in [7, 11) is 0. The van der Waals surface area contributed by atoms with E-state index in [2.05, 4.69) is 6.08 Å². The standard InChI is InChI=1S/C17H27ClS/c18-16-13-9-5-6-10-14-19-17(16)15-11-7-3-1-2-4-8-12-15/h11H,1-10,12-14H2. The van der Waals surface area contributed by atoms with E-state index < -0.39 is 0 Å². The van der Waals surface area contributed by atoms with Crippen LogP contribution in [-0.4, -0.2) is 5.75 Å². The van der Waals surface area contributed by atoms with Gasteiger partial charge in [-0.15, -0.1) is 11.8 Å². The lowest BCUT2D eigenvalue weighted by atomic mass is 10.1. The molecule has 0 bridgehead atoms. The van der Waals surface area contributed by atoms with E-state index >= 15 is 0 Å². The van der Waals surface area contributed by atoms with E-state index in [0.717, 1.165) is 11.5 Å². The average molecular weight is 299 g/mol. The first-order chi connectivity index (χ1) is 9.38. The topological polar surface area (TPSA) is 0 Å². The van der Waals surface area contributed by atoms with Crippen molar-refractivity contribution in [1.29, 1.82) is 0 Å². The van der Waals surface area contributed by atoms with Gasteiger partial charge < -0.3 is 0 Å². The third-order valence-corrected chi connectivity index (χ3v) is 5.90. The van der Waals surface area contributed by atoms with E-state index in [1.54, 1.807) is 5.57 Å². The van der Waals surface area contributed by atoms with E-state index in [1.807, 2.05) is 11.8 Å².